The fourth-order valence-electron chi connectivity index (χ4n) is 3.97. The molecule has 2 aromatic carbocycles. The first-order valence-electron chi connectivity index (χ1n) is 10.3. The Balaban J connectivity index is 1.58. The molecule has 9 heteroatoms. The highest BCUT2D eigenvalue weighted by Crippen LogP contribution is 2.29. The highest BCUT2D eigenvalue weighted by molar-refractivity contribution is 7.88. The van der Waals surface area contributed by atoms with Crippen LogP contribution in [-0.2, 0) is 25.3 Å². The number of nitrogens with zero attached hydrogens (tertiary/aromatic N) is 2. The van der Waals surface area contributed by atoms with Gasteiger partial charge in [-0.25, -0.2) is 12.8 Å². The van der Waals surface area contributed by atoms with E-state index in [-0.39, 0.29) is 24.4 Å². The first kappa shape index (κ1) is 21.7. The zero-order valence-electron chi connectivity index (χ0n) is 17.0. The van der Waals surface area contributed by atoms with Gasteiger partial charge < -0.3 is 14.4 Å². The molecule has 0 aromatic heterocycles. The quantitative estimate of drug-likeness (QED) is 0.676. The Kier molecular flexibility index (Phi) is 6.54. The Morgan fingerprint density at radius 3 is 2.45 bits per heavy atom. The van der Waals surface area contributed by atoms with Gasteiger partial charge in [0.15, 0.2) is 0 Å². The number of carbonyl (C=O) groups is 1. The minimum Gasteiger partial charge on any atom is -0.489 e. The van der Waals surface area contributed by atoms with Crippen molar-refractivity contribution in [2.24, 2.45) is 0 Å². The standard InChI is InChI=1S/C22H25FN2O5S/c23-20-9-5-4-6-17(20)16-31(27,28)25-15-19(30-18-7-2-1-3-8-18)14-21(25)22(26)24-10-12-29-13-11-24/h1-9,19,21H,10-16H2/t19-,21+/m0/s1. The summed E-state index contributed by atoms with van der Waals surface area (Å²) < 4.78 is 53.1. The third kappa shape index (κ3) is 5.06. The zero-order chi connectivity index (χ0) is 21.8. The smallest absolute Gasteiger partial charge is 0.241 e. The molecule has 0 spiro atoms. The summed E-state index contributed by atoms with van der Waals surface area (Å²) in [7, 11) is -3.96. The molecule has 0 aliphatic carbocycles. The molecule has 2 fully saturated rings. The van der Waals surface area contributed by atoms with Crippen LogP contribution in [0.4, 0.5) is 4.39 Å². The van der Waals surface area contributed by atoms with E-state index in [0.717, 1.165) is 0 Å². The van der Waals surface area contributed by atoms with Crippen LogP contribution >= 0.6 is 0 Å². The minimum absolute atomic E-state index is 0.0342. The number of hydrogen-bond donors (Lipinski definition) is 0. The number of amides is 1. The molecule has 2 aliphatic rings. The van der Waals surface area contributed by atoms with E-state index in [2.05, 4.69) is 0 Å². The van der Waals surface area contributed by atoms with Crippen molar-refractivity contribution in [3.8, 4) is 5.75 Å². The van der Waals surface area contributed by atoms with Gasteiger partial charge >= 0.3 is 0 Å². The van der Waals surface area contributed by atoms with Gasteiger partial charge in [0.05, 0.1) is 25.5 Å². The number of benzene rings is 2. The zero-order valence-corrected chi connectivity index (χ0v) is 17.8. The number of ether oxygens (including phenoxy) is 2. The highest BCUT2D eigenvalue weighted by Gasteiger charge is 2.46. The van der Waals surface area contributed by atoms with E-state index in [1.165, 1.54) is 22.5 Å². The maximum Gasteiger partial charge on any atom is 0.241 e. The summed E-state index contributed by atoms with van der Waals surface area (Å²) in [6, 6.07) is 14.0. The molecule has 0 radical (unpaired) electrons. The van der Waals surface area contributed by atoms with E-state index in [0.29, 0.717) is 32.1 Å². The van der Waals surface area contributed by atoms with Crippen LogP contribution in [0, 0.1) is 5.82 Å². The van der Waals surface area contributed by atoms with E-state index >= 15 is 0 Å². The van der Waals surface area contributed by atoms with Crippen molar-refractivity contribution < 1.29 is 27.1 Å². The predicted octanol–water partition coefficient (Wildman–Crippen LogP) is 2.04. The topological polar surface area (TPSA) is 76.2 Å². The summed E-state index contributed by atoms with van der Waals surface area (Å²) in [6.45, 7) is 1.71. The molecular weight excluding hydrogens is 423 g/mol. The summed E-state index contributed by atoms with van der Waals surface area (Å²) in [6.07, 6.45) is -0.241. The Bertz CT molecular complexity index is 1010. The molecule has 166 valence electrons. The van der Waals surface area contributed by atoms with Crippen molar-refractivity contribution in [1.29, 1.82) is 0 Å². The Morgan fingerprint density at radius 2 is 1.74 bits per heavy atom. The summed E-state index contributed by atoms with van der Waals surface area (Å²) in [5.41, 5.74) is 0.0764. The average Bonchev–Trinajstić information content (AvgIpc) is 3.21. The number of para-hydroxylation sites is 1. The van der Waals surface area contributed by atoms with Crippen LogP contribution in [0.1, 0.15) is 12.0 Å². The molecule has 7 nitrogen and oxygen atoms in total. The van der Waals surface area contributed by atoms with E-state index in [1.807, 2.05) is 18.2 Å². The molecule has 0 saturated carbocycles. The lowest BCUT2D eigenvalue weighted by molar-refractivity contribution is -0.138. The fourth-order valence-corrected chi connectivity index (χ4v) is 5.72. The molecule has 2 saturated heterocycles. The van der Waals surface area contributed by atoms with Crippen LogP contribution in [0.15, 0.2) is 54.6 Å². The molecule has 0 bridgehead atoms. The first-order valence-corrected chi connectivity index (χ1v) is 11.9. The van der Waals surface area contributed by atoms with Crippen LogP contribution in [-0.4, -0.2) is 68.5 Å². The van der Waals surface area contributed by atoms with Gasteiger partial charge in [0.2, 0.25) is 15.9 Å². The number of halogens is 1. The fraction of sp³-hybridized carbons (Fsp3) is 0.409. The summed E-state index contributed by atoms with van der Waals surface area (Å²) in [5.74, 6) is -0.749. The van der Waals surface area contributed by atoms with Crippen molar-refractivity contribution in [3.05, 3.63) is 66.0 Å². The number of rotatable bonds is 6. The largest absolute Gasteiger partial charge is 0.489 e. The lowest BCUT2D eigenvalue weighted by Gasteiger charge is -2.32. The van der Waals surface area contributed by atoms with Gasteiger partial charge in [0.25, 0.3) is 0 Å². The molecule has 2 heterocycles. The maximum absolute atomic E-state index is 14.1. The van der Waals surface area contributed by atoms with Gasteiger partial charge in [-0.2, -0.15) is 4.31 Å². The maximum atomic E-state index is 14.1. The van der Waals surface area contributed by atoms with Gasteiger partial charge in [-0.05, 0) is 18.2 Å². The number of morpholine rings is 1. The molecule has 31 heavy (non-hydrogen) atoms. The van der Waals surface area contributed by atoms with Crippen LogP contribution < -0.4 is 4.74 Å². The van der Waals surface area contributed by atoms with Gasteiger partial charge in [-0.1, -0.05) is 36.4 Å². The monoisotopic (exact) mass is 448 g/mol. The Labute approximate surface area is 181 Å². The first-order chi connectivity index (χ1) is 14.9. The van der Waals surface area contributed by atoms with E-state index < -0.39 is 33.7 Å². The Hall–Kier alpha value is -2.49. The van der Waals surface area contributed by atoms with Crippen LogP contribution in [0.2, 0.25) is 0 Å². The number of hydrogen-bond acceptors (Lipinski definition) is 5. The third-order valence-electron chi connectivity index (χ3n) is 5.52. The molecule has 2 atom stereocenters. The molecule has 2 aromatic rings. The summed E-state index contributed by atoms with van der Waals surface area (Å²) in [5, 5.41) is 0. The number of sulfonamides is 1. The molecule has 1 amide bonds. The summed E-state index contributed by atoms with van der Waals surface area (Å²) in [4.78, 5) is 14.8. The van der Waals surface area contributed by atoms with E-state index in [9.17, 15) is 17.6 Å². The second-order valence-electron chi connectivity index (χ2n) is 7.66. The SMILES string of the molecule is O=C([C@H]1C[C@H](Oc2ccccc2)CN1S(=O)(=O)Cc1ccccc1F)N1CCOCC1. The molecule has 2 aliphatic heterocycles. The second-order valence-corrected chi connectivity index (χ2v) is 9.58. The van der Waals surface area contributed by atoms with Crippen molar-refractivity contribution in [2.45, 2.75) is 24.3 Å². The molecular formula is C22H25FN2O5S. The van der Waals surface area contributed by atoms with Crippen molar-refractivity contribution in [1.82, 2.24) is 9.21 Å². The minimum atomic E-state index is -3.96. The normalized spacial score (nSPS) is 22.4. The molecule has 0 unspecified atom stereocenters. The van der Waals surface area contributed by atoms with Gasteiger partial charge in [-0.15, -0.1) is 0 Å². The van der Waals surface area contributed by atoms with E-state index in [1.54, 1.807) is 23.1 Å². The molecule has 0 N–H and O–H groups in total. The second kappa shape index (κ2) is 9.33. The lowest BCUT2D eigenvalue weighted by atomic mass is 10.1. The predicted molar refractivity (Wildman–Crippen MR) is 112 cm³/mol. The van der Waals surface area contributed by atoms with Crippen LogP contribution in [0.5, 0.6) is 5.75 Å². The summed E-state index contributed by atoms with van der Waals surface area (Å²) >= 11 is 0. The van der Waals surface area contributed by atoms with Gasteiger partial charge in [0.1, 0.15) is 23.7 Å². The van der Waals surface area contributed by atoms with Gasteiger partial charge in [-0.3, -0.25) is 4.79 Å². The Morgan fingerprint density at radius 1 is 1.06 bits per heavy atom. The molecule has 4 rings (SSSR count). The third-order valence-corrected chi connectivity index (χ3v) is 7.32. The van der Waals surface area contributed by atoms with Crippen LogP contribution in [0.25, 0.3) is 0 Å². The van der Waals surface area contributed by atoms with E-state index in [4.69, 9.17) is 9.47 Å². The van der Waals surface area contributed by atoms with Crippen molar-refractivity contribution in [2.75, 3.05) is 32.8 Å². The van der Waals surface area contributed by atoms with Crippen molar-refractivity contribution in [3.63, 3.8) is 0 Å². The highest BCUT2D eigenvalue weighted by atomic mass is 32.2. The number of carbonyl (C=O) groups excluding carboxylic acids is 1. The van der Waals surface area contributed by atoms with Crippen LogP contribution in [0.3, 0.4) is 0 Å². The lowest BCUT2D eigenvalue weighted by Crippen LogP contribution is -2.51. The van der Waals surface area contributed by atoms with Crippen molar-refractivity contribution >= 4 is 15.9 Å². The van der Waals surface area contributed by atoms with Gasteiger partial charge in [0, 0.05) is 25.1 Å². The average molecular weight is 449 g/mol.